The van der Waals surface area contributed by atoms with Gasteiger partial charge in [0.2, 0.25) is 10.0 Å². The molecule has 2 aromatic carbocycles. The number of benzene rings is 2. The van der Waals surface area contributed by atoms with Crippen molar-refractivity contribution in [1.29, 1.82) is 5.26 Å². The van der Waals surface area contributed by atoms with E-state index >= 15 is 0 Å². The zero-order valence-electron chi connectivity index (χ0n) is 18.7. The number of alkyl halides is 5. The van der Waals surface area contributed by atoms with Crippen LogP contribution in [0.5, 0.6) is 5.75 Å². The summed E-state index contributed by atoms with van der Waals surface area (Å²) in [5.41, 5.74) is 0.969. The van der Waals surface area contributed by atoms with Crippen LogP contribution in [-0.2, 0) is 10.0 Å². The predicted molar refractivity (Wildman–Crippen MR) is 121 cm³/mol. The van der Waals surface area contributed by atoms with Gasteiger partial charge >= 0.3 is 12.8 Å². The maximum absolute atomic E-state index is 12.8. The van der Waals surface area contributed by atoms with Gasteiger partial charge < -0.3 is 9.30 Å². The summed E-state index contributed by atoms with van der Waals surface area (Å²) in [6.07, 6.45) is -3.18. The van der Waals surface area contributed by atoms with E-state index in [1.54, 1.807) is 30.3 Å². The molecule has 0 bridgehead atoms. The Labute approximate surface area is 207 Å². The number of hydrogen-bond donors (Lipinski definition) is 1. The number of ether oxygens (including phenoxy) is 1. The molecule has 4 aromatic rings. The molecule has 8 nitrogen and oxygen atoms in total. The fourth-order valence-corrected chi connectivity index (χ4v) is 4.68. The summed E-state index contributed by atoms with van der Waals surface area (Å²) in [5, 5.41) is 10.3. The molecule has 0 amide bonds. The van der Waals surface area contributed by atoms with E-state index in [1.807, 2.05) is 6.07 Å². The average Bonchev–Trinajstić information content (AvgIpc) is 3.17. The normalized spacial score (nSPS) is 13.0. The smallest absolute Gasteiger partial charge is 0.404 e. The molecule has 0 aliphatic heterocycles. The van der Waals surface area contributed by atoms with Gasteiger partial charge in [-0.25, -0.2) is 18.4 Å². The maximum Gasteiger partial charge on any atom is 0.404 e. The second-order valence-electron chi connectivity index (χ2n) is 7.69. The van der Waals surface area contributed by atoms with Crippen LogP contribution in [-0.4, -0.2) is 41.8 Å². The van der Waals surface area contributed by atoms with Gasteiger partial charge in [0.1, 0.15) is 28.4 Å². The second kappa shape index (κ2) is 9.75. The second-order valence-corrected chi connectivity index (χ2v) is 9.40. The van der Waals surface area contributed by atoms with Gasteiger partial charge in [-0.3, -0.25) is 0 Å². The van der Waals surface area contributed by atoms with Crippen LogP contribution in [0.15, 0.2) is 65.8 Å². The molecule has 0 aliphatic rings. The third-order valence-electron chi connectivity index (χ3n) is 5.26. The van der Waals surface area contributed by atoms with Crippen molar-refractivity contribution in [3.05, 3.63) is 66.5 Å². The molecule has 0 aliphatic carbocycles. The van der Waals surface area contributed by atoms with Gasteiger partial charge in [0.05, 0.1) is 23.5 Å². The van der Waals surface area contributed by atoms with Gasteiger partial charge in [-0.1, -0.05) is 18.2 Å². The van der Waals surface area contributed by atoms with Crippen LogP contribution in [0.2, 0.25) is 0 Å². The van der Waals surface area contributed by atoms with Gasteiger partial charge in [0.25, 0.3) is 0 Å². The number of para-hydroxylation sites is 1. The summed E-state index contributed by atoms with van der Waals surface area (Å²) in [4.78, 5) is 7.40. The number of halogens is 5. The fourth-order valence-electron chi connectivity index (χ4n) is 3.56. The number of aromatic nitrogens is 3. The van der Waals surface area contributed by atoms with Crippen LogP contribution in [0, 0.1) is 11.3 Å². The Morgan fingerprint density at radius 3 is 2.30 bits per heavy atom. The molecular formula is C23H16F5N5O3S. The van der Waals surface area contributed by atoms with Gasteiger partial charge in [0.15, 0.2) is 5.82 Å². The highest BCUT2D eigenvalue weighted by Gasteiger charge is 2.39. The maximum atomic E-state index is 12.8. The van der Waals surface area contributed by atoms with Crippen molar-refractivity contribution >= 4 is 20.9 Å². The van der Waals surface area contributed by atoms with Crippen molar-refractivity contribution in [2.45, 2.75) is 30.6 Å². The average molecular weight is 537 g/mol. The Bertz CT molecular complexity index is 1580. The molecule has 4 rings (SSSR count). The zero-order chi connectivity index (χ0) is 27.0. The van der Waals surface area contributed by atoms with Crippen molar-refractivity contribution < 1.29 is 35.1 Å². The van der Waals surface area contributed by atoms with Crippen LogP contribution >= 0.6 is 0 Å². The van der Waals surface area contributed by atoms with E-state index in [0.717, 1.165) is 12.4 Å². The van der Waals surface area contributed by atoms with E-state index in [9.17, 15) is 35.6 Å². The van der Waals surface area contributed by atoms with Crippen molar-refractivity contribution in [2.24, 2.45) is 0 Å². The summed E-state index contributed by atoms with van der Waals surface area (Å²) < 4.78 is 96.4. The molecule has 1 N–H and O–H groups in total. The Balaban J connectivity index is 1.88. The highest BCUT2D eigenvalue weighted by atomic mass is 32.2. The first-order valence-corrected chi connectivity index (χ1v) is 11.9. The van der Waals surface area contributed by atoms with Crippen LogP contribution in [0.25, 0.3) is 28.1 Å². The van der Waals surface area contributed by atoms with E-state index in [2.05, 4.69) is 14.7 Å². The van der Waals surface area contributed by atoms with Gasteiger partial charge in [0, 0.05) is 17.1 Å². The molecule has 1 unspecified atom stereocenters. The number of nitrogens with zero attached hydrogens (tertiary/aromatic N) is 4. The van der Waals surface area contributed by atoms with Crippen LogP contribution in [0.3, 0.4) is 0 Å². The molecule has 0 saturated carbocycles. The molecule has 0 saturated heterocycles. The monoisotopic (exact) mass is 537 g/mol. The molecule has 14 heteroatoms. The first kappa shape index (κ1) is 26.0. The molecule has 0 spiro atoms. The topological polar surface area (TPSA) is 110 Å². The first-order chi connectivity index (χ1) is 17.4. The highest BCUT2D eigenvalue weighted by molar-refractivity contribution is 7.89. The summed E-state index contributed by atoms with van der Waals surface area (Å²) in [6, 6.07) is 12.1. The standard InChI is InChI=1S/C23H16F5N5O3S/c1-13(23(26,27)28)32-37(34,35)16-11-30-21(31-12-16)20-18(10-29)17-8-7-15(36-22(24)25)9-19(17)33(20)14-5-3-2-4-6-14/h2-9,11-13,22,32H,1H3. The minimum atomic E-state index is -4.81. The summed E-state index contributed by atoms with van der Waals surface area (Å²) in [5.74, 6) is -0.295. The van der Waals surface area contributed by atoms with Gasteiger partial charge in [-0.15, -0.1) is 0 Å². The summed E-state index contributed by atoms with van der Waals surface area (Å²) in [6.45, 7) is -2.44. The minimum absolute atomic E-state index is 0.0573. The lowest BCUT2D eigenvalue weighted by atomic mass is 10.1. The first-order valence-electron chi connectivity index (χ1n) is 10.4. The van der Waals surface area contributed by atoms with Gasteiger partial charge in [-0.2, -0.15) is 31.9 Å². The van der Waals surface area contributed by atoms with E-state index in [1.165, 1.54) is 27.5 Å². The Kier molecular flexibility index (Phi) is 6.85. The van der Waals surface area contributed by atoms with Crippen molar-refractivity contribution in [1.82, 2.24) is 19.3 Å². The number of fused-ring (bicyclic) bond motifs is 1. The van der Waals surface area contributed by atoms with E-state index in [0.29, 0.717) is 23.5 Å². The van der Waals surface area contributed by atoms with Crippen molar-refractivity contribution in [2.75, 3.05) is 0 Å². The molecule has 2 aromatic heterocycles. The van der Waals surface area contributed by atoms with Crippen molar-refractivity contribution in [3.8, 4) is 29.0 Å². The quantitative estimate of drug-likeness (QED) is 0.340. The Morgan fingerprint density at radius 1 is 1.08 bits per heavy atom. The molecule has 192 valence electrons. The lowest BCUT2D eigenvalue weighted by Crippen LogP contribution is -2.43. The molecule has 1 atom stereocenters. The van der Waals surface area contributed by atoms with Crippen LogP contribution in [0.4, 0.5) is 22.0 Å². The number of hydrogen-bond acceptors (Lipinski definition) is 6. The number of nitriles is 1. The lowest BCUT2D eigenvalue weighted by Gasteiger charge is -2.17. The molecular weight excluding hydrogens is 521 g/mol. The molecule has 2 heterocycles. The van der Waals surface area contributed by atoms with Gasteiger partial charge in [-0.05, 0) is 31.2 Å². The molecule has 37 heavy (non-hydrogen) atoms. The highest BCUT2D eigenvalue weighted by Crippen LogP contribution is 2.36. The Morgan fingerprint density at radius 2 is 1.73 bits per heavy atom. The number of sulfonamides is 1. The predicted octanol–water partition coefficient (Wildman–Crippen LogP) is 4.79. The molecule has 0 fully saturated rings. The number of nitrogens with one attached hydrogen (secondary N) is 1. The van der Waals surface area contributed by atoms with E-state index < -0.39 is 33.7 Å². The van der Waals surface area contributed by atoms with E-state index in [-0.39, 0.29) is 22.8 Å². The van der Waals surface area contributed by atoms with Crippen LogP contribution < -0.4 is 9.46 Å². The summed E-state index contributed by atoms with van der Waals surface area (Å²) in [7, 11) is -4.62. The molecule has 0 radical (unpaired) electrons. The fraction of sp³-hybridized carbons (Fsp3) is 0.174. The van der Waals surface area contributed by atoms with Crippen molar-refractivity contribution in [3.63, 3.8) is 0 Å². The Hall–Kier alpha value is -4.09. The SMILES string of the molecule is CC(NS(=O)(=O)c1cnc(-c2c(C#N)c3ccc(OC(F)F)cc3n2-c2ccccc2)nc1)C(F)(F)F. The summed E-state index contributed by atoms with van der Waals surface area (Å²) >= 11 is 0. The minimum Gasteiger partial charge on any atom is -0.435 e. The lowest BCUT2D eigenvalue weighted by molar-refractivity contribution is -0.147. The van der Waals surface area contributed by atoms with Crippen LogP contribution in [0.1, 0.15) is 12.5 Å². The third-order valence-corrected chi connectivity index (χ3v) is 6.76. The zero-order valence-corrected chi connectivity index (χ0v) is 19.6. The van der Waals surface area contributed by atoms with E-state index in [4.69, 9.17) is 0 Å². The third kappa shape index (κ3) is 5.23. The largest absolute Gasteiger partial charge is 0.435 e. The number of rotatable bonds is 7.